The van der Waals surface area contributed by atoms with Crippen molar-refractivity contribution in [3.05, 3.63) is 11.6 Å². The molecule has 0 aromatic heterocycles. The fourth-order valence-corrected chi connectivity index (χ4v) is 1.25. The molecule has 0 aliphatic rings. The molecule has 2 atom stereocenters. The van der Waals surface area contributed by atoms with Gasteiger partial charge in [0.1, 0.15) is 11.7 Å². The number of ether oxygens (including phenoxy) is 1. The molecule has 0 radical (unpaired) electrons. The van der Waals surface area contributed by atoms with E-state index >= 15 is 0 Å². The second-order valence-electron chi connectivity index (χ2n) is 4.07. The molecule has 0 aliphatic heterocycles. The quantitative estimate of drug-likeness (QED) is 0.399. The normalized spacial score (nSPS) is 13.9. The fraction of sp³-hybridized carbons (Fsp3) is 0.667. The minimum atomic E-state index is -0.657. The van der Waals surface area contributed by atoms with Crippen LogP contribution in [0.3, 0.4) is 0 Å². The Morgan fingerprint density at radius 2 is 1.80 bits per heavy atom. The average molecular weight is 212 g/mol. The van der Waals surface area contributed by atoms with Gasteiger partial charge >= 0.3 is 5.97 Å². The number of methoxy groups -OCH3 is 1. The molecule has 0 aromatic carbocycles. The van der Waals surface area contributed by atoms with Crippen molar-refractivity contribution >= 4 is 11.8 Å². The molecule has 15 heavy (non-hydrogen) atoms. The molecule has 0 saturated carbocycles. The highest BCUT2D eigenvalue weighted by atomic mass is 16.5. The van der Waals surface area contributed by atoms with Crippen LogP contribution in [0, 0.1) is 11.8 Å². The molecule has 3 nitrogen and oxygen atoms in total. The van der Waals surface area contributed by atoms with E-state index in [1.54, 1.807) is 6.92 Å². The lowest BCUT2D eigenvalue weighted by atomic mass is 9.92. The van der Waals surface area contributed by atoms with Crippen LogP contribution in [0.4, 0.5) is 0 Å². The van der Waals surface area contributed by atoms with Gasteiger partial charge in [-0.1, -0.05) is 18.6 Å². The summed E-state index contributed by atoms with van der Waals surface area (Å²) in [5, 5.41) is 0. The van der Waals surface area contributed by atoms with Crippen LogP contribution in [0.5, 0.6) is 0 Å². The third-order valence-electron chi connectivity index (χ3n) is 2.35. The number of hydrogen-bond acceptors (Lipinski definition) is 3. The Balaban J connectivity index is 4.32. The van der Waals surface area contributed by atoms with Crippen LogP contribution in [-0.4, -0.2) is 18.9 Å². The van der Waals surface area contributed by atoms with E-state index in [4.69, 9.17) is 0 Å². The van der Waals surface area contributed by atoms with Gasteiger partial charge in [0.2, 0.25) is 0 Å². The zero-order chi connectivity index (χ0) is 12.0. The number of rotatable bonds is 5. The summed E-state index contributed by atoms with van der Waals surface area (Å²) in [4.78, 5) is 22.9. The maximum Gasteiger partial charge on any atom is 0.315 e. The van der Waals surface area contributed by atoms with Crippen molar-refractivity contribution in [1.82, 2.24) is 0 Å². The number of carbonyl (C=O) groups excluding carboxylic acids is 2. The lowest BCUT2D eigenvalue weighted by molar-refractivity contribution is -0.149. The van der Waals surface area contributed by atoms with E-state index < -0.39 is 11.9 Å². The van der Waals surface area contributed by atoms with E-state index in [2.05, 4.69) is 4.74 Å². The molecule has 0 bridgehead atoms. The molecule has 0 fully saturated rings. The van der Waals surface area contributed by atoms with Crippen molar-refractivity contribution in [2.45, 2.75) is 34.1 Å². The molecule has 0 aromatic rings. The van der Waals surface area contributed by atoms with Crippen LogP contribution in [0.15, 0.2) is 11.6 Å². The Labute approximate surface area is 91.5 Å². The first-order valence-electron chi connectivity index (χ1n) is 5.15. The summed E-state index contributed by atoms with van der Waals surface area (Å²) < 4.78 is 4.53. The summed E-state index contributed by atoms with van der Waals surface area (Å²) in [6, 6.07) is 0. The van der Waals surface area contributed by atoms with E-state index in [1.807, 2.05) is 26.8 Å². The monoisotopic (exact) mass is 212 g/mol. The third kappa shape index (κ3) is 4.77. The molecule has 0 heterocycles. The van der Waals surface area contributed by atoms with Gasteiger partial charge in [0.15, 0.2) is 0 Å². The first-order chi connectivity index (χ1) is 6.90. The maximum absolute atomic E-state index is 11.7. The molecule has 3 heteroatoms. The number of ketones is 1. The molecule has 0 amide bonds. The van der Waals surface area contributed by atoms with Crippen molar-refractivity contribution in [3.8, 4) is 0 Å². The summed E-state index contributed by atoms with van der Waals surface area (Å²) in [7, 11) is 1.30. The molecule has 0 saturated heterocycles. The van der Waals surface area contributed by atoms with Gasteiger partial charge < -0.3 is 4.74 Å². The van der Waals surface area contributed by atoms with Crippen molar-refractivity contribution in [2.24, 2.45) is 11.8 Å². The van der Waals surface area contributed by atoms with Crippen LogP contribution in [-0.2, 0) is 14.3 Å². The molecule has 2 unspecified atom stereocenters. The molecule has 0 spiro atoms. The van der Waals surface area contributed by atoms with Crippen LogP contribution < -0.4 is 0 Å². The van der Waals surface area contributed by atoms with E-state index in [0.717, 1.165) is 0 Å². The Morgan fingerprint density at radius 1 is 1.27 bits per heavy atom. The summed E-state index contributed by atoms with van der Waals surface area (Å²) in [6.07, 6.45) is 2.69. The number of esters is 1. The molecular formula is C12H20O3. The second-order valence-corrected chi connectivity index (χ2v) is 4.07. The molecule has 0 N–H and O–H groups in total. The van der Waals surface area contributed by atoms with Crippen LogP contribution in [0.2, 0.25) is 0 Å². The summed E-state index contributed by atoms with van der Waals surface area (Å²) in [6.45, 7) is 7.40. The summed E-state index contributed by atoms with van der Waals surface area (Å²) in [5.74, 6) is -1.30. The topological polar surface area (TPSA) is 43.4 Å². The minimum Gasteiger partial charge on any atom is -0.468 e. The first kappa shape index (κ1) is 13.9. The predicted octanol–water partition coefficient (Wildman–Crippen LogP) is 2.36. The van der Waals surface area contributed by atoms with Crippen molar-refractivity contribution in [1.29, 1.82) is 0 Å². The maximum atomic E-state index is 11.7. The van der Waals surface area contributed by atoms with Crippen LogP contribution in [0.25, 0.3) is 0 Å². The van der Waals surface area contributed by atoms with Gasteiger partial charge in [0, 0.05) is 5.92 Å². The second kappa shape index (κ2) is 6.38. The smallest absolute Gasteiger partial charge is 0.315 e. The van der Waals surface area contributed by atoms with E-state index in [9.17, 15) is 9.59 Å². The summed E-state index contributed by atoms with van der Waals surface area (Å²) in [5.41, 5.74) is 1.18. The van der Waals surface area contributed by atoms with Gasteiger partial charge in [-0.15, -0.1) is 0 Å². The zero-order valence-electron chi connectivity index (χ0n) is 10.2. The van der Waals surface area contributed by atoms with Gasteiger partial charge in [0.25, 0.3) is 0 Å². The largest absolute Gasteiger partial charge is 0.468 e. The average Bonchev–Trinajstić information content (AvgIpc) is 2.22. The standard InChI is InChI=1S/C12H20O3/c1-8(2)6-7-9(3)11(13)10(4)12(14)15-5/h6,9-10H,7H2,1-5H3. The minimum absolute atomic E-state index is 0.0562. The first-order valence-corrected chi connectivity index (χ1v) is 5.15. The zero-order valence-corrected chi connectivity index (χ0v) is 10.2. The Morgan fingerprint density at radius 3 is 2.20 bits per heavy atom. The highest BCUT2D eigenvalue weighted by molar-refractivity contribution is 5.99. The third-order valence-corrected chi connectivity index (χ3v) is 2.35. The van der Waals surface area contributed by atoms with Gasteiger partial charge in [-0.2, -0.15) is 0 Å². The van der Waals surface area contributed by atoms with Crippen molar-refractivity contribution in [2.75, 3.05) is 7.11 Å². The van der Waals surface area contributed by atoms with Crippen molar-refractivity contribution in [3.63, 3.8) is 0 Å². The SMILES string of the molecule is COC(=O)C(C)C(=O)C(C)CC=C(C)C. The number of hydrogen-bond donors (Lipinski definition) is 0. The molecule has 0 aliphatic carbocycles. The Hall–Kier alpha value is -1.12. The lowest BCUT2D eigenvalue weighted by Gasteiger charge is -2.13. The van der Waals surface area contributed by atoms with E-state index in [1.165, 1.54) is 12.7 Å². The Bertz CT molecular complexity index is 262. The van der Waals surface area contributed by atoms with Crippen LogP contribution in [0.1, 0.15) is 34.1 Å². The fourth-order valence-electron chi connectivity index (χ4n) is 1.25. The molecule has 0 rings (SSSR count). The number of carbonyl (C=O) groups is 2. The molecular weight excluding hydrogens is 192 g/mol. The predicted molar refractivity (Wildman–Crippen MR) is 59.4 cm³/mol. The van der Waals surface area contributed by atoms with Crippen molar-refractivity contribution < 1.29 is 14.3 Å². The van der Waals surface area contributed by atoms with Gasteiger partial charge in [-0.05, 0) is 27.2 Å². The van der Waals surface area contributed by atoms with Crippen LogP contribution >= 0.6 is 0 Å². The number of Topliss-reactive ketones (excluding diaryl/α,β-unsaturated/α-hetero) is 1. The van der Waals surface area contributed by atoms with Gasteiger partial charge in [-0.3, -0.25) is 9.59 Å². The highest BCUT2D eigenvalue weighted by Crippen LogP contribution is 2.13. The molecule has 86 valence electrons. The summed E-state index contributed by atoms with van der Waals surface area (Å²) >= 11 is 0. The van der Waals surface area contributed by atoms with E-state index in [0.29, 0.717) is 6.42 Å². The highest BCUT2D eigenvalue weighted by Gasteiger charge is 2.25. The number of allylic oxidation sites excluding steroid dienone is 2. The Kier molecular flexibility index (Phi) is 5.90. The lowest BCUT2D eigenvalue weighted by Crippen LogP contribution is -2.27. The van der Waals surface area contributed by atoms with Gasteiger partial charge in [-0.25, -0.2) is 0 Å². The van der Waals surface area contributed by atoms with E-state index in [-0.39, 0.29) is 11.7 Å². The van der Waals surface area contributed by atoms with Gasteiger partial charge in [0.05, 0.1) is 7.11 Å².